The third kappa shape index (κ3) is 26.2. The van der Waals surface area contributed by atoms with Crippen LogP contribution in [-0.2, 0) is 84.8 Å². The van der Waals surface area contributed by atoms with Crippen molar-refractivity contribution in [3.8, 4) is 5.75 Å². The molecule has 25 N–H and O–H groups in total. The van der Waals surface area contributed by atoms with Crippen molar-refractivity contribution < 1.29 is 97.5 Å². The Morgan fingerprint density at radius 3 is 1.41 bits per heavy atom. The summed E-state index contributed by atoms with van der Waals surface area (Å²) in [6.45, 7) is 4.21. The molecule has 510 valence electrons. The Morgan fingerprint density at radius 1 is 0.495 bits per heavy atom. The molecule has 12 atom stereocenters. The van der Waals surface area contributed by atoms with Crippen LogP contribution in [0.15, 0.2) is 54.7 Å². The molecule has 0 aliphatic carbocycles. The number of amides is 12. The standard InChI is InChI=1S/C58H83N15O20/c1-4-27(2)47(56(90)70-40(24-43(62)77)54(88)69-39(23-42(61)76)53(87)66-35(11-7-8-20-59)52(86)73-48(28(3)74)57(91)71-41(58(92)93)25-44(63)78)72-55(89)38(21-29-12-14-31(75)15-13-29)68-51(85)37(17-19-46(81)82)67-50(84)36(16-18-45(79)80)65-49(83)33(60)22-30-26-64-34-10-6-5-9-32(30)34/h5-6,9-10,12-15,26-28,33,35-41,47-48,64,74-75H,4,7-8,11,16-25,59-60H2,1-3H3,(H2,61,76)(H2,62,77)(H2,63,78)(H,65,83)(H,66,87)(H,67,84)(H,68,85)(H,69,88)(H,70,90)(H,71,91)(H,72,89)(H,73,86)(H,79,80)(H,81,82)(H,92,93)/t27-,28+,33-,35-,36-,37-,38-,39-,40-,41-,47-,48-/m0/s1. The minimum atomic E-state index is -2.01. The fourth-order valence-electron chi connectivity index (χ4n) is 9.27. The molecule has 0 saturated carbocycles. The van der Waals surface area contributed by atoms with Crippen molar-refractivity contribution in [3.05, 3.63) is 65.9 Å². The maximum Gasteiger partial charge on any atom is 0.326 e. The summed E-state index contributed by atoms with van der Waals surface area (Å²) in [5.41, 5.74) is 29.6. The summed E-state index contributed by atoms with van der Waals surface area (Å²) in [6.07, 6.45) is -5.79. The molecule has 0 aliphatic heterocycles. The minimum Gasteiger partial charge on any atom is -0.508 e. The Kier molecular flexibility index (Phi) is 31.3. The molecule has 3 aromatic rings. The molecule has 1 heterocycles. The van der Waals surface area contributed by atoms with Gasteiger partial charge in [-0.15, -0.1) is 0 Å². The van der Waals surface area contributed by atoms with Crippen LogP contribution in [-0.4, -0.2) is 192 Å². The number of aromatic hydroxyl groups is 1. The molecule has 2 aromatic carbocycles. The van der Waals surface area contributed by atoms with E-state index in [4.69, 9.17) is 28.7 Å². The summed E-state index contributed by atoms with van der Waals surface area (Å²) in [7, 11) is 0. The van der Waals surface area contributed by atoms with E-state index in [1.54, 1.807) is 37.4 Å². The third-order valence-electron chi connectivity index (χ3n) is 14.6. The lowest BCUT2D eigenvalue weighted by molar-refractivity contribution is -0.144. The zero-order valence-corrected chi connectivity index (χ0v) is 51.3. The number of rotatable bonds is 42. The summed E-state index contributed by atoms with van der Waals surface area (Å²) in [5, 5.41) is 70.6. The second-order valence-corrected chi connectivity index (χ2v) is 22.1. The van der Waals surface area contributed by atoms with Gasteiger partial charge in [0.2, 0.25) is 70.9 Å². The van der Waals surface area contributed by atoms with Gasteiger partial charge in [-0.25, -0.2) is 4.79 Å². The summed E-state index contributed by atoms with van der Waals surface area (Å²) < 4.78 is 0. The molecule has 0 radical (unpaired) electrons. The molecule has 12 amide bonds. The van der Waals surface area contributed by atoms with Gasteiger partial charge in [-0.3, -0.25) is 67.1 Å². The molecule has 93 heavy (non-hydrogen) atoms. The number of benzene rings is 2. The first-order valence-corrected chi connectivity index (χ1v) is 29.5. The highest BCUT2D eigenvalue weighted by molar-refractivity contribution is 6.01. The summed E-state index contributed by atoms with van der Waals surface area (Å²) in [4.78, 5) is 201. The molecular weight excluding hydrogens is 1230 g/mol. The minimum absolute atomic E-state index is 0.0335. The van der Waals surface area contributed by atoms with Gasteiger partial charge in [0.15, 0.2) is 0 Å². The number of carboxylic acids is 3. The van der Waals surface area contributed by atoms with Gasteiger partial charge in [0.05, 0.1) is 31.4 Å². The molecule has 0 saturated heterocycles. The Balaban J connectivity index is 1.95. The van der Waals surface area contributed by atoms with Crippen molar-refractivity contribution in [1.82, 2.24) is 52.8 Å². The normalized spacial score (nSPS) is 14.9. The number of aliphatic hydroxyl groups is 1. The first-order chi connectivity index (χ1) is 43.7. The van der Waals surface area contributed by atoms with Crippen LogP contribution in [0.2, 0.25) is 0 Å². The molecule has 3 rings (SSSR count). The number of carbonyl (C=O) groups is 15. The number of aromatic amines is 1. The summed E-state index contributed by atoms with van der Waals surface area (Å²) in [5.74, 6) is -19.7. The molecule has 1 aromatic heterocycles. The summed E-state index contributed by atoms with van der Waals surface area (Å²) >= 11 is 0. The zero-order chi connectivity index (χ0) is 69.8. The second kappa shape index (κ2) is 37.8. The van der Waals surface area contributed by atoms with Crippen molar-refractivity contribution in [1.29, 1.82) is 0 Å². The zero-order valence-electron chi connectivity index (χ0n) is 51.3. The number of primary amides is 3. The second-order valence-electron chi connectivity index (χ2n) is 22.1. The number of H-pyrrole nitrogens is 1. The van der Waals surface area contributed by atoms with Gasteiger partial charge in [-0.2, -0.15) is 0 Å². The Morgan fingerprint density at radius 2 is 0.914 bits per heavy atom. The smallest absolute Gasteiger partial charge is 0.326 e. The molecule has 35 heteroatoms. The van der Waals surface area contributed by atoms with Gasteiger partial charge < -0.3 is 107 Å². The largest absolute Gasteiger partial charge is 0.508 e. The number of phenolic OH excluding ortho intramolecular Hbond substituents is 1. The third-order valence-corrected chi connectivity index (χ3v) is 14.6. The van der Waals surface area contributed by atoms with Gasteiger partial charge >= 0.3 is 17.9 Å². The lowest BCUT2D eigenvalue weighted by atomic mass is 9.96. The maximum atomic E-state index is 14.6. The van der Waals surface area contributed by atoms with Crippen LogP contribution in [0, 0.1) is 5.92 Å². The number of aliphatic hydroxyl groups excluding tert-OH is 1. The van der Waals surface area contributed by atoms with E-state index in [1.165, 1.54) is 31.2 Å². The van der Waals surface area contributed by atoms with Crippen LogP contribution in [0.25, 0.3) is 10.9 Å². The van der Waals surface area contributed by atoms with Gasteiger partial charge in [0.1, 0.15) is 60.1 Å². The van der Waals surface area contributed by atoms with Crippen LogP contribution in [0.4, 0.5) is 0 Å². The number of nitrogens with two attached hydrogens (primary N) is 5. The Bertz CT molecular complexity index is 3180. The van der Waals surface area contributed by atoms with Gasteiger partial charge in [0.25, 0.3) is 0 Å². The topological polar surface area (TPSA) is 611 Å². The number of phenols is 1. The number of carbonyl (C=O) groups excluding carboxylic acids is 12. The highest BCUT2D eigenvalue weighted by Gasteiger charge is 2.38. The molecule has 35 nitrogen and oxygen atoms in total. The van der Waals surface area contributed by atoms with E-state index in [1.807, 2.05) is 5.32 Å². The van der Waals surface area contributed by atoms with E-state index in [9.17, 15) is 97.5 Å². The number of fused-ring (bicyclic) bond motifs is 1. The highest BCUT2D eigenvalue weighted by Crippen LogP contribution is 2.20. The molecule has 0 spiro atoms. The number of hydrogen-bond donors (Lipinski definition) is 20. The quantitative estimate of drug-likeness (QED) is 0.0235. The average Bonchev–Trinajstić information content (AvgIpc) is 1.80. The maximum absolute atomic E-state index is 14.6. The van der Waals surface area contributed by atoms with Crippen molar-refractivity contribution in [3.63, 3.8) is 0 Å². The fourth-order valence-corrected chi connectivity index (χ4v) is 9.27. The first kappa shape index (κ1) is 77.0. The van der Waals surface area contributed by atoms with Crippen molar-refractivity contribution in [2.75, 3.05) is 6.54 Å². The number of aromatic nitrogens is 1. The Hall–Kier alpha value is -10.3. The first-order valence-electron chi connectivity index (χ1n) is 29.5. The van der Waals surface area contributed by atoms with Crippen LogP contribution >= 0.6 is 0 Å². The van der Waals surface area contributed by atoms with Gasteiger partial charge in [-0.05, 0) is 87.2 Å². The number of nitrogens with one attached hydrogen (secondary N) is 10. The number of para-hydroxylation sites is 1. The van der Waals surface area contributed by atoms with Crippen LogP contribution in [0.1, 0.15) is 103 Å². The molecule has 0 fully saturated rings. The molecular formula is C58H83N15O20. The molecule has 0 bridgehead atoms. The molecule has 0 unspecified atom stereocenters. The fraction of sp³-hybridized carbons (Fsp3) is 0.500. The monoisotopic (exact) mass is 1310 g/mol. The predicted octanol–water partition coefficient (Wildman–Crippen LogP) is -5.65. The summed E-state index contributed by atoms with van der Waals surface area (Å²) in [6, 6.07) is -5.27. The van der Waals surface area contributed by atoms with Crippen LogP contribution in [0.5, 0.6) is 5.75 Å². The van der Waals surface area contributed by atoms with Crippen molar-refractivity contribution in [2.45, 2.75) is 171 Å². The van der Waals surface area contributed by atoms with Crippen molar-refractivity contribution >= 4 is 99.7 Å². The van der Waals surface area contributed by atoms with Crippen LogP contribution in [0.3, 0.4) is 0 Å². The SMILES string of the molecule is CC[C@H](C)[C@H](NC(=O)[C@H](Cc1ccc(O)cc1)NC(=O)[C@H](CCC(=O)O)NC(=O)[C@H](CCC(=O)O)NC(=O)[C@@H](N)Cc1c[nH]c2ccccc12)C(=O)N[C@@H](CC(N)=O)C(=O)N[C@@H](CC(N)=O)C(=O)N[C@@H](CCCCN)C(=O)N[C@H](C(=O)N[C@@H](CC(N)=O)C(=O)O)[C@@H](C)O. The number of hydrogen-bond acceptors (Lipinski definition) is 19. The van der Waals surface area contributed by atoms with E-state index in [-0.39, 0.29) is 50.0 Å². The predicted molar refractivity (Wildman–Crippen MR) is 326 cm³/mol. The van der Waals surface area contributed by atoms with Gasteiger partial charge in [0, 0.05) is 36.4 Å². The van der Waals surface area contributed by atoms with E-state index in [2.05, 4.69) is 47.5 Å². The number of unbranched alkanes of at least 4 members (excludes halogenated alkanes) is 1. The highest BCUT2D eigenvalue weighted by atomic mass is 16.4. The van der Waals surface area contributed by atoms with Gasteiger partial charge in [-0.1, -0.05) is 50.6 Å². The van der Waals surface area contributed by atoms with E-state index in [0.717, 1.165) is 17.8 Å². The average molecular weight is 1310 g/mol. The number of aliphatic carboxylic acids is 3. The van der Waals surface area contributed by atoms with E-state index < -0.39 is 213 Å². The lowest BCUT2D eigenvalue weighted by Gasteiger charge is -2.30. The van der Waals surface area contributed by atoms with E-state index >= 15 is 0 Å². The lowest BCUT2D eigenvalue weighted by Crippen LogP contribution is -2.62. The Labute approximate surface area is 531 Å². The molecule has 0 aliphatic rings. The van der Waals surface area contributed by atoms with Crippen molar-refractivity contribution in [2.24, 2.45) is 34.6 Å². The van der Waals surface area contributed by atoms with Crippen LogP contribution < -0.4 is 76.5 Å². The van der Waals surface area contributed by atoms with E-state index in [0.29, 0.717) is 5.56 Å². The number of carboxylic acid groups (broad SMARTS) is 3.